The Morgan fingerprint density at radius 3 is 3.17 bits per heavy atom. The summed E-state index contributed by atoms with van der Waals surface area (Å²) in [4.78, 5) is 1.38. The lowest BCUT2D eigenvalue weighted by Gasteiger charge is -2.23. The molecule has 66 valence electrons. The van der Waals surface area contributed by atoms with Gasteiger partial charge in [-0.1, -0.05) is 0 Å². The lowest BCUT2D eigenvalue weighted by atomic mass is 10.2. The smallest absolute Gasteiger partial charge is 0.104 e. The minimum atomic E-state index is 0.291. The van der Waals surface area contributed by atoms with Crippen molar-refractivity contribution < 1.29 is 4.74 Å². The van der Waals surface area contributed by atoms with E-state index in [-0.39, 0.29) is 0 Å². The molecule has 1 unspecified atom stereocenters. The second-order valence-electron chi connectivity index (χ2n) is 3.03. The fourth-order valence-corrected chi connectivity index (χ4v) is 2.42. The quantitative estimate of drug-likeness (QED) is 0.715. The molecule has 1 saturated heterocycles. The van der Waals surface area contributed by atoms with Gasteiger partial charge in [-0.25, -0.2) is 0 Å². The third-order valence-electron chi connectivity index (χ3n) is 2.12. The molecule has 2 heterocycles. The Morgan fingerprint density at radius 2 is 2.58 bits per heavy atom. The molecular formula is C9H13NOS. The summed E-state index contributed by atoms with van der Waals surface area (Å²) in [7, 11) is 0. The molecule has 2 nitrogen and oxygen atoms in total. The van der Waals surface area contributed by atoms with Gasteiger partial charge in [0.1, 0.15) is 6.10 Å². The molecule has 1 aliphatic rings. The van der Waals surface area contributed by atoms with E-state index in [4.69, 9.17) is 4.74 Å². The minimum absolute atomic E-state index is 0.291. The lowest BCUT2D eigenvalue weighted by molar-refractivity contribution is 0.0296. The van der Waals surface area contributed by atoms with Gasteiger partial charge in [0, 0.05) is 18.0 Å². The van der Waals surface area contributed by atoms with Gasteiger partial charge in [0.05, 0.1) is 6.61 Å². The summed E-state index contributed by atoms with van der Waals surface area (Å²) < 4.78 is 5.65. The molecule has 1 aromatic rings. The van der Waals surface area contributed by atoms with E-state index in [1.54, 1.807) is 11.3 Å². The van der Waals surface area contributed by atoms with Crippen molar-refractivity contribution in [1.29, 1.82) is 0 Å². The topological polar surface area (TPSA) is 21.3 Å². The number of thiophene rings is 1. The zero-order valence-electron chi connectivity index (χ0n) is 7.17. The summed E-state index contributed by atoms with van der Waals surface area (Å²) in [6.45, 7) is 4.92. The van der Waals surface area contributed by atoms with Crippen LogP contribution in [0, 0.1) is 6.92 Å². The maximum absolute atomic E-state index is 5.65. The van der Waals surface area contributed by atoms with Crippen molar-refractivity contribution in [2.24, 2.45) is 0 Å². The van der Waals surface area contributed by atoms with Crippen molar-refractivity contribution in [2.45, 2.75) is 13.0 Å². The highest BCUT2D eigenvalue weighted by molar-refractivity contribution is 7.10. The molecule has 0 aromatic carbocycles. The van der Waals surface area contributed by atoms with Crippen molar-refractivity contribution in [2.75, 3.05) is 19.7 Å². The predicted octanol–water partition coefficient (Wildman–Crippen LogP) is 1.72. The highest BCUT2D eigenvalue weighted by Crippen LogP contribution is 2.27. The lowest BCUT2D eigenvalue weighted by Crippen LogP contribution is -2.33. The van der Waals surface area contributed by atoms with Crippen LogP contribution in [0.4, 0.5) is 0 Å². The zero-order valence-corrected chi connectivity index (χ0v) is 7.99. The average molecular weight is 183 g/mol. The predicted molar refractivity (Wildman–Crippen MR) is 50.6 cm³/mol. The Hall–Kier alpha value is -0.380. The molecule has 0 spiro atoms. The van der Waals surface area contributed by atoms with Crippen molar-refractivity contribution in [3.05, 3.63) is 21.9 Å². The van der Waals surface area contributed by atoms with E-state index < -0.39 is 0 Å². The van der Waals surface area contributed by atoms with E-state index in [1.165, 1.54) is 10.4 Å². The van der Waals surface area contributed by atoms with Crippen LogP contribution in [-0.2, 0) is 4.74 Å². The largest absolute Gasteiger partial charge is 0.370 e. The summed E-state index contributed by atoms with van der Waals surface area (Å²) in [5.41, 5.74) is 1.36. The molecule has 12 heavy (non-hydrogen) atoms. The first-order chi connectivity index (χ1) is 5.88. The summed E-state index contributed by atoms with van der Waals surface area (Å²) >= 11 is 1.79. The molecule has 1 aliphatic heterocycles. The van der Waals surface area contributed by atoms with E-state index in [9.17, 15) is 0 Å². The van der Waals surface area contributed by atoms with E-state index in [2.05, 4.69) is 23.7 Å². The molecule has 0 aliphatic carbocycles. The summed E-state index contributed by atoms with van der Waals surface area (Å²) in [6, 6.07) is 2.15. The molecule has 1 fully saturated rings. The number of rotatable bonds is 1. The minimum Gasteiger partial charge on any atom is -0.370 e. The van der Waals surface area contributed by atoms with Gasteiger partial charge in [-0.15, -0.1) is 11.3 Å². The molecule has 1 N–H and O–H groups in total. The zero-order chi connectivity index (χ0) is 8.39. The second kappa shape index (κ2) is 3.56. The van der Waals surface area contributed by atoms with E-state index >= 15 is 0 Å². The van der Waals surface area contributed by atoms with E-state index in [0.717, 1.165) is 19.7 Å². The van der Waals surface area contributed by atoms with Crippen LogP contribution in [0.5, 0.6) is 0 Å². The molecule has 0 saturated carbocycles. The first-order valence-electron chi connectivity index (χ1n) is 4.24. The van der Waals surface area contributed by atoms with Crippen molar-refractivity contribution >= 4 is 11.3 Å². The Kier molecular flexibility index (Phi) is 2.44. The number of hydrogen-bond acceptors (Lipinski definition) is 3. The number of hydrogen-bond donors (Lipinski definition) is 1. The SMILES string of the molecule is Cc1ccsc1C1CNCCO1. The Morgan fingerprint density at radius 1 is 1.67 bits per heavy atom. The highest BCUT2D eigenvalue weighted by atomic mass is 32.1. The van der Waals surface area contributed by atoms with Gasteiger partial charge in [-0.05, 0) is 23.9 Å². The standard InChI is InChI=1S/C9H13NOS/c1-7-2-5-12-9(7)8-6-10-3-4-11-8/h2,5,8,10H,3-4,6H2,1H3. The van der Waals surface area contributed by atoms with Crippen LogP contribution in [0.2, 0.25) is 0 Å². The Balaban J connectivity index is 2.13. The van der Waals surface area contributed by atoms with Crippen LogP contribution >= 0.6 is 11.3 Å². The Labute approximate surface area is 76.6 Å². The van der Waals surface area contributed by atoms with Crippen LogP contribution in [0.15, 0.2) is 11.4 Å². The fourth-order valence-electron chi connectivity index (χ4n) is 1.45. The highest BCUT2D eigenvalue weighted by Gasteiger charge is 2.17. The van der Waals surface area contributed by atoms with Gasteiger partial charge in [0.25, 0.3) is 0 Å². The van der Waals surface area contributed by atoms with Gasteiger partial charge >= 0.3 is 0 Å². The number of aryl methyl sites for hydroxylation is 1. The molecule has 0 amide bonds. The third-order valence-corrected chi connectivity index (χ3v) is 3.23. The Bertz CT molecular complexity index is 253. The van der Waals surface area contributed by atoms with Crippen molar-refractivity contribution in [3.63, 3.8) is 0 Å². The molecule has 0 radical (unpaired) electrons. The van der Waals surface area contributed by atoms with Crippen LogP contribution in [0.25, 0.3) is 0 Å². The molecular weight excluding hydrogens is 170 g/mol. The number of morpholine rings is 1. The van der Waals surface area contributed by atoms with Crippen LogP contribution < -0.4 is 5.32 Å². The second-order valence-corrected chi connectivity index (χ2v) is 3.98. The van der Waals surface area contributed by atoms with Gasteiger partial charge < -0.3 is 10.1 Å². The van der Waals surface area contributed by atoms with Crippen molar-refractivity contribution in [3.8, 4) is 0 Å². The maximum Gasteiger partial charge on any atom is 0.104 e. The third kappa shape index (κ3) is 1.53. The summed E-state index contributed by atoms with van der Waals surface area (Å²) in [6.07, 6.45) is 0.291. The molecule has 1 atom stereocenters. The van der Waals surface area contributed by atoms with Gasteiger partial charge in [0.2, 0.25) is 0 Å². The van der Waals surface area contributed by atoms with Gasteiger partial charge in [0.15, 0.2) is 0 Å². The van der Waals surface area contributed by atoms with Crippen LogP contribution in [0.3, 0.4) is 0 Å². The number of ether oxygens (including phenoxy) is 1. The number of nitrogens with one attached hydrogen (secondary N) is 1. The summed E-state index contributed by atoms with van der Waals surface area (Å²) in [5, 5.41) is 5.46. The normalized spacial score (nSPS) is 24.2. The monoisotopic (exact) mass is 183 g/mol. The average Bonchev–Trinajstić information content (AvgIpc) is 2.53. The van der Waals surface area contributed by atoms with Gasteiger partial charge in [-0.3, -0.25) is 0 Å². The first kappa shape index (κ1) is 8.23. The molecule has 2 rings (SSSR count). The molecule has 1 aromatic heterocycles. The van der Waals surface area contributed by atoms with Crippen LogP contribution in [-0.4, -0.2) is 19.7 Å². The maximum atomic E-state index is 5.65. The van der Waals surface area contributed by atoms with Crippen molar-refractivity contribution in [1.82, 2.24) is 5.32 Å². The molecule has 3 heteroatoms. The van der Waals surface area contributed by atoms with Gasteiger partial charge in [-0.2, -0.15) is 0 Å². The summed E-state index contributed by atoms with van der Waals surface area (Å²) in [5.74, 6) is 0. The first-order valence-corrected chi connectivity index (χ1v) is 5.12. The van der Waals surface area contributed by atoms with Crippen LogP contribution in [0.1, 0.15) is 16.5 Å². The van der Waals surface area contributed by atoms with E-state index in [1.807, 2.05) is 0 Å². The fraction of sp³-hybridized carbons (Fsp3) is 0.556. The molecule has 0 bridgehead atoms. The van der Waals surface area contributed by atoms with E-state index in [0.29, 0.717) is 6.10 Å².